The summed E-state index contributed by atoms with van der Waals surface area (Å²) in [4.78, 5) is 2.51. The number of morpholine rings is 1. The Morgan fingerprint density at radius 2 is 2.10 bits per heavy atom. The van der Waals surface area contributed by atoms with E-state index in [1.54, 1.807) is 0 Å². The lowest BCUT2D eigenvalue weighted by Crippen LogP contribution is -2.53. The number of piperidine rings is 1. The van der Waals surface area contributed by atoms with E-state index in [1.165, 1.54) is 45.2 Å². The van der Waals surface area contributed by atoms with Gasteiger partial charge in [0.05, 0.1) is 13.2 Å². The van der Waals surface area contributed by atoms with Crippen molar-refractivity contribution in [3.8, 4) is 0 Å². The second-order valence-corrected chi connectivity index (χ2v) is 6.87. The summed E-state index contributed by atoms with van der Waals surface area (Å²) in [6, 6.07) is 1.97. The maximum Gasteiger partial charge on any atom is 0.0623 e. The Morgan fingerprint density at radius 3 is 2.81 bits per heavy atom. The molecule has 3 aliphatic rings. The maximum atomic E-state index is 5.67. The first-order chi connectivity index (χ1) is 10.4. The highest BCUT2D eigenvalue weighted by atomic mass is 16.5. The van der Waals surface area contributed by atoms with Gasteiger partial charge in [-0.15, -0.1) is 6.58 Å². The fourth-order valence-corrected chi connectivity index (χ4v) is 4.31. The second kappa shape index (κ2) is 7.73. The Bertz CT molecular complexity index is 322. The predicted molar refractivity (Wildman–Crippen MR) is 86.5 cm³/mol. The van der Waals surface area contributed by atoms with Crippen LogP contribution >= 0.6 is 0 Å². The smallest absolute Gasteiger partial charge is 0.0623 e. The molecule has 3 atom stereocenters. The molecule has 1 aliphatic carbocycles. The Morgan fingerprint density at radius 1 is 1.24 bits per heavy atom. The van der Waals surface area contributed by atoms with Crippen molar-refractivity contribution < 1.29 is 4.74 Å². The number of hydrogen-bond donors (Lipinski definition) is 2. The molecule has 0 aromatic rings. The van der Waals surface area contributed by atoms with Crippen molar-refractivity contribution in [1.29, 1.82) is 0 Å². The molecular formula is C17H31N3O. The highest BCUT2D eigenvalue weighted by Crippen LogP contribution is 2.30. The number of hydrogen-bond acceptors (Lipinski definition) is 4. The van der Waals surface area contributed by atoms with Crippen molar-refractivity contribution in [2.75, 3.05) is 39.4 Å². The van der Waals surface area contributed by atoms with Gasteiger partial charge >= 0.3 is 0 Å². The van der Waals surface area contributed by atoms with Gasteiger partial charge in [0.25, 0.3) is 0 Å². The van der Waals surface area contributed by atoms with Crippen LogP contribution in [0.4, 0.5) is 0 Å². The highest BCUT2D eigenvalue weighted by molar-refractivity contribution is 4.94. The SMILES string of the molecule is C=CCN1CCC(NC2CCCC2C2COCCN2)CC1. The normalized spacial score (nSPS) is 35.9. The molecule has 3 fully saturated rings. The molecule has 0 bridgehead atoms. The molecule has 0 aromatic heterocycles. The Labute approximate surface area is 129 Å². The zero-order chi connectivity index (χ0) is 14.5. The summed E-state index contributed by atoms with van der Waals surface area (Å²) in [6.07, 6.45) is 8.66. The van der Waals surface area contributed by atoms with Crippen LogP contribution in [-0.2, 0) is 4.74 Å². The summed E-state index contributed by atoms with van der Waals surface area (Å²) in [6.45, 7) is 10.1. The molecule has 2 N–H and O–H groups in total. The average molecular weight is 293 g/mol. The molecule has 2 saturated heterocycles. The minimum Gasteiger partial charge on any atom is -0.379 e. The van der Waals surface area contributed by atoms with E-state index in [0.29, 0.717) is 18.1 Å². The molecule has 2 aliphatic heterocycles. The molecule has 21 heavy (non-hydrogen) atoms. The molecular weight excluding hydrogens is 262 g/mol. The average Bonchev–Trinajstić information content (AvgIpc) is 2.98. The number of rotatable bonds is 5. The molecule has 1 saturated carbocycles. The topological polar surface area (TPSA) is 36.5 Å². The lowest BCUT2D eigenvalue weighted by Gasteiger charge is -2.37. The van der Waals surface area contributed by atoms with Crippen LogP contribution in [0.2, 0.25) is 0 Å². The van der Waals surface area contributed by atoms with Crippen LogP contribution in [0.1, 0.15) is 32.1 Å². The first-order valence-corrected chi connectivity index (χ1v) is 8.77. The maximum absolute atomic E-state index is 5.67. The van der Waals surface area contributed by atoms with E-state index in [-0.39, 0.29) is 0 Å². The summed E-state index contributed by atoms with van der Waals surface area (Å²) in [5, 5.41) is 7.65. The number of nitrogens with zero attached hydrogens (tertiary/aromatic N) is 1. The third kappa shape index (κ3) is 4.07. The molecule has 3 rings (SSSR count). The Balaban J connectivity index is 1.46. The van der Waals surface area contributed by atoms with Gasteiger partial charge in [-0.1, -0.05) is 12.5 Å². The summed E-state index contributed by atoms with van der Waals surface area (Å²) in [5.41, 5.74) is 0. The first kappa shape index (κ1) is 15.5. The van der Waals surface area contributed by atoms with Crippen molar-refractivity contribution in [1.82, 2.24) is 15.5 Å². The zero-order valence-corrected chi connectivity index (χ0v) is 13.2. The lowest BCUT2D eigenvalue weighted by atomic mass is 9.92. The van der Waals surface area contributed by atoms with E-state index in [9.17, 15) is 0 Å². The molecule has 2 heterocycles. The summed E-state index contributed by atoms with van der Waals surface area (Å²) >= 11 is 0. The van der Waals surface area contributed by atoms with E-state index in [0.717, 1.165) is 32.2 Å². The minimum absolute atomic E-state index is 0.569. The zero-order valence-electron chi connectivity index (χ0n) is 13.2. The van der Waals surface area contributed by atoms with Crippen LogP contribution in [0, 0.1) is 5.92 Å². The van der Waals surface area contributed by atoms with E-state index < -0.39 is 0 Å². The van der Waals surface area contributed by atoms with Gasteiger partial charge in [0.15, 0.2) is 0 Å². The van der Waals surface area contributed by atoms with Crippen molar-refractivity contribution in [3.05, 3.63) is 12.7 Å². The quantitative estimate of drug-likeness (QED) is 0.751. The third-order valence-electron chi connectivity index (χ3n) is 5.46. The van der Waals surface area contributed by atoms with Crippen LogP contribution in [0.5, 0.6) is 0 Å². The van der Waals surface area contributed by atoms with Gasteiger partial charge in [-0.05, 0) is 44.7 Å². The van der Waals surface area contributed by atoms with Gasteiger partial charge in [-0.3, -0.25) is 4.90 Å². The van der Waals surface area contributed by atoms with Gasteiger partial charge in [0.1, 0.15) is 0 Å². The van der Waals surface area contributed by atoms with Gasteiger partial charge in [0, 0.05) is 31.2 Å². The fourth-order valence-electron chi connectivity index (χ4n) is 4.31. The van der Waals surface area contributed by atoms with Crippen LogP contribution in [0.3, 0.4) is 0 Å². The molecule has 120 valence electrons. The van der Waals surface area contributed by atoms with E-state index >= 15 is 0 Å². The number of likely N-dealkylation sites (tertiary alicyclic amines) is 1. The molecule has 3 unspecified atom stereocenters. The molecule has 0 radical (unpaired) electrons. The van der Waals surface area contributed by atoms with E-state index in [2.05, 4.69) is 22.1 Å². The van der Waals surface area contributed by atoms with Crippen molar-refractivity contribution in [2.45, 2.75) is 50.2 Å². The van der Waals surface area contributed by atoms with Crippen LogP contribution in [0.15, 0.2) is 12.7 Å². The van der Waals surface area contributed by atoms with Gasteiger partial charge in [0.2, 0.25) is 0 Å². The van der Waals surface area contributed by atoms with Gasteiger partial charge in [-0.2, -0.15) is 0 Å². The van der Waals surface area contributed by atoms with Gasteiger partial charge < -0.3 is 15.4 Å². The lowest BCUT2D eigenvalue weighted by molar-refractivity contribution is 0.0507. The minimum atomic E-state index is 0.569. The monoisotopic (exact) mass is 293 g/mol. The number of nitrogens with one attached hydrogen (secondary N) is 2. The molecule has 0 spiro atoms. The van der Waals surface area contributed by atoms with Crippen molar-refractivity contribution in [2.24, 2.45) is 5.92 Å². The second-order valence-electron chi connectivity index (χ2n) is 6.87. The molecule has 0 amide bonds. The summed E-state index contributed by atoms with van der Waals surface area (Å²) < 4.78 is 5.67. The summed E-state index contributed by atoms with van der Waals surface area (Å²) in [5.74, 6) is 0.761. The highest BCUT2D eigenvalue weighted by Gasteiger charge is 2.35. The molecule has 4 heteroatoms. The largest absolute Gasteiger partial charge is 0.379 e. The van der Waals surface area contributed by atoms with E-state index in [1.807, 2.05) is 6.08 Å². The first-order valence-electron chi connectivity index (χ1n) is 8.77. The third-order valence-corrected chi connectivity index (χ3v) is 5.46. The molecule has 4 nitrogen and oxygen atoms in total. The van der Waals surface area contributed by atoms with Crippen LogP contribution in [0.25, 0.3) is 0 Å². The van der Waals surface area contributed by atoms with Crippen LogP contribution < -0.4 is 10.6 Å². The predicted octanol–water partition coefficient (Wildman–Crippen LogP) is 1.38. The van der Waals surface area contributed by atoms with Crippen molar-refractivity contribution >= 4 is 0 Å². The molecule has 0 aromatic carbocycles. The van der Waals surface area contributed by atoms with E-state index in [4.69, 9.17) is 4.74 Å². The Kier molecular flexibility index (Phi) is 5.69. The van der Waals surface area contributed by atoms with Crippen molar-refractivity contribution in [3.63, 3.8) is 0 Å². The fraction of sp³-hybridized carbons (Fsp3) is 0.882. The van der Waals surface area contributed by atoms with Crippen LogP contribution in [-0.4, -0.2) is 62.4 Å². The number of ether oxygens (including phenoxy) is 1. The standard InChI is InChI=1S/C17H31N3O/c1-2-9-20-10-6-14(7-11-20)19-16-5-3-4-15(16)17-13-21-12-8-18-17/h2,14-19H,1,3-13H2. The summed E-state index contributed by atoms with van der Waals surface area (Å²) in [7, 11) is 0. The Hall–Kier alpha value is -0.420. The van der Waals surface area contributed by atoms with Gasteiger partial charge in [-0.25, -0.2) is 0 Å².